The number of primary amides is 1. The number of thiophene rings is 1. The highest BCUT2D eigenvalue weighted by atomic mass is 35.5. The number of nitrogens with zero attached hydrogens (tertiary/aromatic N) is 4. The van der Waals surface area contributed by atoms with E-state index in [0.717, 1.165) is 28.9 Å². The van der Waals surface area contributed by atoms with E-state index in [2.05, 4.69) is 15.4 Å². The minimum absolute atomic E-state index is 0.0128. The van der Waals surface area contributed by atoms with Crippen molar-refractivity contribution >= 4 is 56.5 Å². The van der Waals surface area contributed by atoms with Gasteiger partial charge in [0.15, 0.2) is 5.02 Å². The SMILES string of the molecule is Cc1c(Cl)c([N+](=O)[O-])nn1CC(=O)Nc1c(C(N)=O)sc2nc(C(F)F)cc(C3CC3)c12. The van der Waals surface area contributed by atoms with Gasteiger partial charge in [0.2, 0.25) is 5.91 Å². The van der Waals surface area contributed by atoms with Crippen LogP contribution >= 0.6 is 22.9 Å². The monoisotopic (exact) mass is 484 g/mol. The molecule has 0 aliphatic heterocycles. The predicted molar refractivity (Wildman–Crippen MR) is 112 cm³/mol. The second-order valence-corrected chi connectivity index (χ2v) is 8.62. The fraction of sp³-hybridized carbons (Fsp3) is 0.333. The Bertz CT molecular complexity index is 1290. The molecule has 1 aliphatic carbocycles. The first kappa shape index (κ1) is 22.0. The molecule has 0 radical (unpaired) electrons. The molecule has 32 heavy (non-hydrogen) atoms. The summed E-state index contributed by atoms with van der Waals surface area (Å²) in [7, 11) is 0. The van der Waals surface area contributed by atoms with Crippen LogP contribution < -0.4 is 11.1 Å². The topological polar surface area (TPSA) is 146 Å². The van der Waals surface area contributed by atoms with Gasteiger partial charge in [-0.05, 0) is 42.2 Å². The number of halogens is 3. The Kier molecular flexibility index (Phi) is 5.54. The molecule has 4 rings (SSSR count). The van der Waals surface area contributed by atoms with Crippen molar-refractivity contribution in [3.63, 3.8) is 0 Å². The molecule has 0 saturated heterocycles. The highest BCUT2D eigenvalue weighted by Crippen LogP contribution is 2.48. The molecule has 0 bridgehead atoms. The van der Waals surface area contributed by atoms with Gasteiger partial charge in [-0.2, -0.15) is 4.68 Å². The van der Waals surface area contributed by atoms with Gasteiger partial charge in [0, 0.05) is 5.39 Å². The van der Waals surface area contributed by atoms with Crippen LogP contribution in [0.4, 0.5) is 20.3 Å². The molecule has 0 unspecified atom stereocenters. The fourth-order valence-electron chi connectivity index (χ4n) is 3.36. The number of amides is 2. The number of carbonyl (C=O) groups excluding carboxylic acids is 2. The maximum absolute atomic E-state index is 13.3. The summed E-state index contributed by atoms with van der Waals surface area (Å²) in [4.78, 5) is 39.1. The first-order chi connectivity index (χ1) is 15.1. The number of anilines is 1. The zero-order valence-electron chi connectivity index (χ0n) is 16.4. The summed E-state index contributed by atoms with van der Waals surface area (Å²) in [5.74, 6) is -2.09. The van der Waals surface area contributed by atoms with Crippen molar-refractivity contribution in [3.05, 3.63) is 43.0 Å². The standard InChI is InChI=1S/C18H15ClF2N6O4S/c1-6-12(19)17(27(30)31)25-26(6)5-10(28)24-13-11-8(7-2-3-7)4-9(15(20)21)23-18(11)32-14(13)16(22)29/h4,7,15H,2-3,5H2,1H3,(H2,22,29)(H,24,28). The Balaban J connectivity index is 1.74. The van der Waals surface area contributed by atoms with E-state index < -0.39 is 41.2 Å². The zero-order valence-corrected chi connectivity index (χ0v) is 18.0. The van der Waals surface area contributed by atoms with Crippen LogP contribution in [0.3, 0.4) is 0 Å². The van der Waals surface area contributed by atoms with Crippen LogP contribution in [0.15, 0.2) is 6.07 Å². The van der Waals surface area contributed by atoms with E-state index in [9.17, 15) is 28.5 Å². The van der Waals surface area contributed by atoms with Crippen molar-refractivity contribution in [2.45, 2.75) is 38.7 Å². The number of nitrogens with two attached hydrogens (primary N) is 1. The van der Waals surface area contributed by atoms with Gasteiger partial charge in [-0.1, -0.05) is 11.6 Å². The number of nitro groups is 1. The number of hydrogen-bond donors (Lipinski definition) is 2. The largest absolute Gasteiger partial charge is 0.408 e. The Morgan fingerprint density at radius 1 is 1.47 bits per heavy atom. The molecule has 2 amide bonds. The third-order valence-electron chi connectivity index (χ3n) is 5.02. The average molecular weight is 485 g/mol. The van der Waals surface area contributed by atoms with Crippen LogP contribution in [-0.4, -0.2) is 31.5 Å². The van der Waals surface area contributed by atoms with Crippen LogP contribution in [0, 0.1) is 17.0 Å². The normalized spacial score (nSPS) is 13.7. The van der Waals surface area contributed by atoms with E-state index in [1.54, 1.807) is 0 Å². The lowest BCUT2D eigenvalue weighted by Gasteiger charge is -2.10. The van der Waals surface area contributed by atoms with E-state index in [4.69, 9.17) is 17.3 Å². The van der Waals surface area contributed by atoms with Crippen molar-refractivity contribution in [1.82, 2.24) is 14.8 Å². The number of fused-ring (bicyclic) bond motifs is 1. The lowest BCUT2D eigenvalue weighted by Crippen LogP contribution is -2.22. The van der Waals surface area contributed by atoms with Gasteiger partial charge in [0.05, 0.1) is 16.5 Å². The number of nitrogens with one attached hydrogen (secondary N) is 1. The summed E-state index contributed by atoms with van der Waals surface area (Å²) < 4.78 is 27.7. The number of carbonyl (C=O) groups is 2. The van der Waals surface area contributed by atoms with Crippen molar-refractivity contribution in [3.8, 4) is 0 Å². The van der Waals surface area contributed by atoms with Gasteiger partial charge >= 0.3 is 5.82 Å². The summed E-state index contributed by atoms with van der Waals surface area (Å²) in [5.41, 5.74) is 5.91. The molecule has 1 fully saturated rings. The highest BCUT2D eigenvalue weighted by Gasteiger charge is 2.32. The summed E-state index contributed by atoms with van der Waals surface area (Å²) in [6.45, 7) is 1.03. The van der Waals surface area contributed by atoms with Crippen LogP contribution in [0.1, 0.15) is 51.8 Å². The summed E-state index contributed by atoms with van der Waals surface area (Å²) in [6, 6.07) is 1.29. The smallest absolute Gasteiger partial charge is 0.365 e. The lowest BCUT2D eigenvalue weighted by atomic mass is 10.0. The van der Waals surface area contributed by atoms with Gasteiger partial charge in [-0.3, -0.25) is 9.59 Å². The van der Waals surface area contributed by atoms with E-state index in [0.29, 0.717) is 10.9 Å². The third kappa shape index (κ3) is 3.88. The molecular weight excluding hydrogens is 470 g/mol. The van der Waals surface area contributed by atoms with E-state index >= 15 is 0 Å². The highest BCUT2D eigenvalue weighted by molar-refractivity contribution is 7.21. The lowest BCUT2D eigenvalue weighted by molar-refractivity contribution is -0.389. The zero-order chi connectivity index (χ0) is 23.3. The number of aromatic nitrogens is 3. The Hall–Kier alpha value is -3.19. The summed E-state index contributed by atoms with van der Waals surface area (Å²) in [5, 5.41) is 17.5. The second-order valence-electron chi connectivity index (χ2n) is 7.25. The first-order valence-corrected chi connectivity index (χ1v) is 10.5. The number of alkyl halides is 2. The Morgan fingerprint density at radius 2 is 2.16 bits per heavy atom. The van der Waals surface area contributed by atoms with Crippen molar-refractivity contribution < 1.29 is 23.3 Å². The average Bonchev–Trinajstić information content (AvgIpc) is 3.45. The molecule has 1 saturated carbocycles. The molecule has 0 aromatic carbocycles. The Labute approximate surface area is 187 Å². The number of pyridine rings is 1. The number of hydrogen-bond acceptors (Lipinski definition) is 7. The maximum Gasteiger partial charge on any atom is 0.408 e. The van der Waals surface area contributed by atoms with Crippen LogP contribution in [0.5, 0.6) is 0 Å². The summed E-state index contributed by atoms with van der Waals surface area (Å²) >= 11 is 6.72. The molecule has 0 spiro atoms. The molecule has 3 aromatic rings. The van der Waals surface area contributed by atoms with Gasteiger partial charge in [0.1, 0.15) is 21.9 Å². The van der Waals surface area contributed by atoms with Crippen molar-refractivity contribution in [2.24, 2.45) is 5.73 Å². The number of rotatable bonds is 7. The van der Waals surface area contributed by atoms with Crippen molar-refractivity contribution in [1.29, 1.82) is 0 Å². The minimum atomic E-state index is -2.79. The molecule has 3 N–H and O–H groups in total. The van der Waals surface area contributed by atoms with E-state index in [1.807, 2.05) is 0 Å². The van der Waals surface area contributed by atoms with Crippen LogP contribution in [0.2, 0.25) is 5.02 Å². The Morgan fingerprint density at radius 3 is 2.69 bits per heavy atom. The van der Waals surface area contributed by atoms with Crippen LogP contribution in [-0.2, 0) is 11.3 Å². The van der Waals surface area contributed by atoms with Gasteiger partial charge < -0.3 is 21.2 Å². The molecule has 3 heterocycles. The molecule has 168 valence electrons. The van der Waals surface area contributed by atoms with Gasteiger partial charge in [-0.25, -0.2) is 13.8 Å². The molecular formula is C18H15ClF2N6O4S. The molecule has 10 nitrogen and oxygen atoms in total. The quantitative estimate of drug-likeness (QED) is 0.384. The molecule has 3 aromatic heterocycles. The third-order valence-corrected chi connectivity index (χ3v) is 6.56. The summed E-state index contributed by atoms with van der Waals surface area (Å²) in [6.07, 6.45) is -1.23. The second kappa shape index (κ2) is 8.06. The predicted octanol–water partition coefficient (Wildman–Crippen LogP) is 3.92. The van der Waals surface area contributed by atoms with E-state index in [-0.39, 0.29) is 32.0 Å². The van der Waals surface area contributed by atoms with E-state index in [1.165, 1.54) is 13.0 Å². The molecule has 14 heteroatoms. The maximum atomic E-state index is 13.3. The van der Waals surface area contributed by atoms with Gasteiger partial charge in [0.25, 0.3) is 12.3 Å². The van der Waals surface area contributed by atoms with Gasteiger partial charge in [-0.15, -0.1) is 11.3 Å². The fourth-order valence-corrected chi connectivity index (χ4v) is 4.59. The first-order valence-electron chi connectivity index (χ1n) is 9.30. The van der Waals surface area contributed by atoms with Crippen LogP contribution in [0.25, 0.3) is 10.2 Å². The van der Waals surface area contributed by atoms with Crippen molar-refractivity contribution in [2.75, 3.05) is 5.32 Å². The minimum Gasteiger partial charge on any atom is -0.365 e. The molecule has 1 aliphatic rings. The molecule has 0 atom stereocenters.